The van der Waals surface area contributed by atoms with Gasteiger partial charge in [0, 0.05) is 5.41 Å². The van der Waals surface area contributed by atoms with E-state index in [-0.39, 0.29) is 11.9 Å². The molecule has 0 saturated carbocycles. The van der Waals surface area contributed by atoms with Crippen LogP contribution >= 0.6 is 0 Å². The van der Waals surface area contributed by atoms with Gasteiger partial charge >= 0.3 is 5.97 Å². The van der Waals surface area contributed by atoms with E-state index in [9.17, 15) is 9.59 Å². The van der Waals surface area contributed by atoms with Crippen molar-refractivity contribution in [2.75, 3.05) is 7.11 Å². The third-order valence-corrected chi connectivity index (χ3v) is 3.68. The van der Waals surface area contributed by atoms with Gasteiger partial charge in [-0.1, -0.05) is 38.1 Å². The monoisotopic (exact) mass is 277 g/mol. The Hall–Kier alpha value is -1.84. The maximum absolute atomic E-state index is 11.8. The van der Waals surface area contributed by atoms with E-state index in [1.165, 1.54) is 7.11 Å². The highest BCUT2D eigenvalue weighted by molar-refractivity contribution is 5.82. The lowest BCUT2D eigenvalue weighted by Crippen LogP contribution is -2.33. The van der Waals surface area contributed by atoms with Gasteiger partial charge in [-0.05, 0) is 31.4 Å². The molecule has 4 heteroatoms. The lowest BCUT2D eigenvalue weighted by atomic mass is 9.82. The molecule has 0 saturated heterocycles. The van der Waals surface area contributed by atoms with Crippen LogP contribution in [0.2, 0.25) is 0 Å². The zero-order chi connectivity index (χ0) is 15.6. The summed E-state index contributed by atoms with van der Waals surface area (Å²) in [7, 11) is 1.38. The number of carbonyl (C=O) groups excluding carboxylic acids is 2. The minimum atomic E-state index is -0.688. The minimum Gasteiger partial charge on any atom is -0.468 e. The third-order valence-electron chi connectivity index (χ3n) is 3.68. The van der Waals surface area contributed by atoms with Gasteiger partial charge in [0.25, 0.3) is 0 Å². The fourth-order valence-corrected chi connectivity index (χ4v) is 2.01. The van der Waals surface area contributed by atoms with Gasteiger partial charge < -0.3 is 10.5 Å². The second-order valence-electron chi connectivity index (χ2n) is 6.24. The Labute approximate surface area is 120 Å². The van der Waals surface area contributed by atoms with Crippen molar-refractivity contribution in [3.05, 3.63) is 35.4 Å². The molecule has 0 heterocycles. The van der Waals surface area contributed by atoms with Crippen LogP contribution in [-0.2, 0) is 26.2 Å². The summed E-state index contributed by atoms with van der Waals surface area (Å²) in [4.78, 5) is 23.1. The Morgan fingerprint density at radius 1 is 1.10 bits per heavy atom. The molecule has 0 aromatic heterocycles. The summed E-state index contributed by atoms with van der Waals surface area (Å²) in [5.41, 5.74) is 5.99. The number of amides is 1. The summed E-state index contributed by atoms with van der Waals surface area (Å²) in [6.07, 6.45) is 0.571. The van der Waals surface area contributed by atoms with E-state index in [4.69, 9.17) is 10.5 Å². The topological polar surface area (TPSA) is 69.4 Å². The van der Waals surface area contributed by atoms with Crippen molar-refractivity contribution in [1.29, 1.82) is 0 Å². The average Bonchev–Trinajstić information content (AvgIpc) is 2.37. The maximum Gasteiger partial charge on any atom is 0.315 e. The molecule has 0 radical (unpaired) electrons. The molecular formula is C16H23NO3. The van der Waals surface area contributed by atoms with Gasteiger partial charge in [0.2, 0.25) is 5.91 Å². The van der Waals surface area contributed by atoms with Crippen LogP contribution in [0.3, 0.4) is 0 Å². The molecule has 4 nitrogen and oxygen atoms in total. The van der Waals surface area contributed by atoms with Crippen LogP contribution in [0, 0.1) is 5.41 Å². The van der Waals surface area contributed by atoms with Crippen LogP contribution in [0.4, 0.5) is 0 Å². The smallest absolute Gasteiger partial charge is 0.315 e. The number of hydrogen-bond donors (Lipinski definition) is 1. The average molecular weight is 277 g/mol. The molecule has 110 valence electrons. The molecule has 0 aliphatic rings. The van der Waals surface area contributed by atoms with Crippen molar-refractivity contribution in [1.82, 2.24) is 0 Å². The first-order chi connectivity index (χ1) is 9.11. The standard InChI is InChI=1S/C16H23NO3/c1-15(2,13(17)18)10-11-6-8-12(9-7-11)16(3,4)14(19)20-5/h6-9H,10H2,1-5H3,(H2,17,18). The molecule has 1 amide bonds. The van der Waals surface area contributed by atoms with Crippen molar-refractivity contribution in [3.63, 3.8) is 0 Å². The second-order valence-corrected chi connectivity index (χ2v) is 6.24. The maximum atomic E-state index is 11.8. The van der Waals surface area contributed by atoms with Crippen molar-refractivity contribution in [2.45, 2.75) is 39.5 Å². The SMILES string of the molecule is COC(=O)C(C)(C)c1ccc(CC(C)(C)C(N)=O)cc1. The van der Waals surface area contributed by atoms with E-state index < -0.39 is 10.8 Å². The zero-order valence-electron chi connectivity index (χ0n) is 12.8. The van der Waals surface area contributed by atoms with Gasteiger partial charge in [0.15, 0.2) is 0 Å². The fraction of sp³-hybridized carbons (Fsp3) is 0.500. The van der Waals surface area contributed by atoms with Crippen LogP contribution in [0.1, 0.15) is 38.8 Å². The van der Waals surface area contributed by atoms with E-state index in [2.05, 4.69) is 0 Å². The highest BCUT2D eigenvalue weighted by Crippen LogP contribution is 2.27. The van der Waals surface area contributed by atoms with Crippen molar-refractivity contribution in [2.24, 2.45) is 11.1 Å². The Kier molecular flexibility index (Phi) is 4.58. The fourth-order valence-electron chi connectivity index (χ4n) is 2.01. The summed E-state index contributed by atoms with van der Waals surface area (Å²) in [6.45, 7) is 7.28. The predicted octanol–water partition coefficient (Wildman–Crippen LogP) is 2.19. The number of esters is 1. The number of ether oxygens (including phenoxy) is 1. The van der Waals surface area contributed by atoms with Crippen LogP contribution in [0.5, 0.6) is 0 Å². The number of methoxy groups -OCH3 is 1. The first kappa shape index (κ1) is 16.2. The number of nitrogens with two attached hydrogens (primary N) is 1. The first-order valence-electron chi connectivity index (χ1n) is 6.59. The minimum absolute atomic E-state index is 0.275. The summed E-state index contributed by atoms with van der Waals surface area (Å²) < 4.78 is 4.81. The summed E-state index contributed by atoms with van der Waals surface area (Å²) in [5, 5.41) is 0. The largest absolute Gasteiger partial charge is 0.468 e. The highest BCUT2D eigenvalue weighted by Gasteiger charge is 2.31. The highest BCUT2D eigenvalue weighted by atomic mass is 16.5. The van der Waals surface area contributed by atoms with Crippen LogP contribution in [0.25, 0.3) is 0 Å². The van der Waals surface area contributed by atoms with E-state index in [1.807, 2.05) is 52.0 Å². The van der Waals surface area contributed by atoms with E-state index in [0.717, 1.165) is 11.1 Å². The predicted molar refractivity (Wildman–Crippen MR) is 78.2 cm³/mol. The molecule has 0 aliphatic carbocycles. The molecule has 20 heavy (non-hydrogen) atoms. The van der Waals surface area contributed by atoms with E-state index in [0.29, 0.717) is 6.42 Å². The van der Waals surface area contributed by atoms with Crippen molar-refractivity contribution in [3.8, 4) is 0 Å². The quantitative estimate of drug-likeness (QED) is 0.839. The molecule has 1 rings (SSSR count). The molecule has 0 fully saturated rings. The number of rotatable bonds is 5. The molecule has 0 atom stereocenters. The molecule has 1 aromatic carbocycles. The van der Waals surface area contributed by atoms with E-state index in [1.54, 1.807) is 0 Å². The molecule has 2 N–H and O–H groups in total. The Balaban J connectivity index is 2.95. The molecule has 0 unspecified atom stereocenters. The number of hydrogen-bond acceptors (Lipinski definition) is 3. The van der Waals surface area contributed by atoms with Gasteiger partial charge in [-0.15, -0.1) is 0 Å². The van der Waals surface area contributed by atoms with Gasteiger partial charge in [0.05, 0.1) is 12.5 Å². The molecule has 0 spiro atoms. The zero-order valence-corrected chi connectivity index (χ0v) is 12.8. The van der Waals surface area contributed by atoms with Gasteiger partial charge in [0.1, 0.15) is 0 Å². The number of primary amides is 1. The molecular weight excluding hydrogens is 254 g/mol. The second kappa shape index (κ2) is 5.65. The Morgan fingerprint density at radius 3 is 2.00 bits per heavy atom. The Morgan fingerprint density at radius 2 is 1.60 bits per heavy atom. The summed E-state index contributed by atoms with van der Waals surface area (Å²) >= 11 is 0. The molecule has 1 aromatic rings. The normalized spacial score (nSPS) is 12.1. The lowest BCUT2D eigenvalue weighted by molar-refractivity contribution is -0.146. The summed E-state index contributed by atoms with van der Waals surface area (Å²) in [6, 6.07) is 7.63. The van der Waals surface area contributed by atoms with Crippen LogP contribution < -0.4 is 5.73 Å². The lowest BCUT2D eigenvalue weighted by Gasteiger charge is -2.23. The van der Waals surface area contributed by atoms with Gasteiger partial charge in [-0.3, -0.25) is 9.59 Å². The molecule has 0 bridgehead atoms. The molecule has 0 aliphatic heterocycles. The number of benzene rings is 1. The summed E-state index contributed by atoms with van der Waals surface area (Å²) in [5.74, 6) is -0.598. The Bertz CT molecular complexity index is 501. The first-order valence-corrected chi connectivity index (χ1v) is 6.59. The van der Waals surface area contributed by atoms with Crippen LogP contribution in [0.15, 0.2) is 24.3 Å². The van der Waals surface area contributed by atoms with Gasteiger partial charge in [-0.2, -0.15) is 0 Å². The van der Waals surface area contributed by atoms with E-state index >= 15 is 0 Å². The van der Waals surface area contributed by atoms with Crippen LogP contribution in [-0.4, -0.2) is 19.0 Å². The van der Waals surface area contributed by atoms with Gasteiger partial charge in [-0.25, -0.2) is 0 Å². The van der Waals surface area contributed by atoms with Crippen molar-refractivity contribution >= 4 is 11.9 Å². The third kappa shape index (κ3) is 3.38. The number of carbonyl (C=O) groups is 2. The van der Waals surface area contributed by atoms with Crippen molar-refractivity contribution < 1.29 is 14.3 Å².